The van der Waals surface area contributed by atoms with Crippen molar-refractivity contribution in [1.82, 2.24) is 0 Å². The number of hydrogen-bond acceptors (Lipinski definition) is 4. The lowest BCUT2D eigenvalue weighted by Crippen LogP contribution is -1.94. The summed E-state index contributed by atoms with van der Waals surface area (Å²) in [6.45, 7) is 0. The van der Waals surface area contributed by atoms with Crippen LogP contribution in [0.5, 0.6) is 11.5 Å². The van der Waals surface area contributed by atoms with Crippen LogP contribution in [0.4, 0.5) is 5.69 Å². The Balaban J connectivity index is 2.72. The molecule has 6 nitrogen and oxygen atoms in total. The molecule has 0 aliphatic rings. The van der Waals surface area contributed by atoms with Crippen LogP contribution < -0.4 is 10.3 Å². The van der Waals surface area contributed by atoms with Gasteiger partial charge in [-0.15, -0.1) is 0 Å². The summed E-state index contributed by atoms with van der Waals surface area (Å²) in [5, 5.41) is 10.4. The monoisotopic (exact) mass is 255 g/mol. The Morgan fingerprint density at radius 3 is 2.35 bits per heavy atom. The van der Waals surface area contributed by atoms with Gasteiger partial charge < -0.3 is 15.4 Å². The molecular formula is C10H10NO5P. The van der Waals surface area contributed by atoms with Gasteiger partial charge in [0.1, 0.15) is 11.5 Å². The van der Waals surface area contributed by atoms with E-state index in [1.54, 1.807) is 24.3 Å². The summed E-state index contributed by atoms with van der Waals surface area (Å²) < 4.78 is 15.3. The fourth-order valence-corrected chi connectivity index (χ4v) is 1.96. The van der Waals surface area contributed by atoms with Crippen molar-refractivity contribution in [2.45, 2.75) is 0 Å². The van der Waals surface area contributed by atoms with Gasteiger partial charge in [-0.1, -0.05) is 24.3 Å². The number of fused-ring (bicyclic) bond motifs is 1. The van der Waals surface area contributed by atoms with Crippen molar-refractivity contribution in [1.29, 1.82) is 0 Å². The van der Waals surface area contributed by atoms with Crippen LogP contribution in [0.1, 0.15) is 0 Å². The standard InChI is InChI=1S/C10H10NO5P/c11-10-7-4-2-1-3-6(7)9(5-8(10)12)16-17(13,14)15/h1-5,12H,11H2,(H2,13,14,15). The predicted molar refractivity (Wildman–Crippen MR) is 62.7 cm³/mol. The van der Waals surface area contributed by atoms with Gasteiger partial charge >= 0.3 is 7.82 Å². The summed E-state index contributed by atoms with van der Waals surface area (Å²) in [5.74, 6) is -0.396. The van der Waals surface area contributed by atoms with Crippen molar-refractivity contribution in [3.8, 4) is 11.5 Å². The molecule has 0 aromatic heterocycles. The summed E-state index contributed by atoms with van der Waals surface area (Å²) >= 11 is 0. The molecule has 0 spiro atoms. The molecule has 17 heavy (non-hydrogen) atoms. The zero-order chi connectivity index (χ0) is 12.6. The zero-order valence-corrected chi connectivity index (χ0v) is 9.46. The lowest BCUT2D eigenvalue weighted by atomic mass is 10.1. The second-order valence-corrected chi connectivity index (χ2v) is 4.60. The van der Waals surface area contributed by atoms with E-state index >= 15 is 0 Å². The Kier molecular flexibility index (Phi) is 2.71. The molecule has 0 aliphatic heterocycles. The summed E-state index contributed by atoms with van der Waals surface area (Å²) in [7, 11) is -4.68. The van der Waals surface area contributed by atoms with Gasteiger partial charge in [-0.2, -0.15) is 0 Å². The lowest BCUT2D eigenvalue weighted by Gasteiger charge is -2.12. The molecule has 0 atom stereocenters. The minimum absolute atomic E-state index is 0.111. The van der Waals surface area contributed by atoms with Gasteiger partial charge in [-0.25, -0.2) is 4.57 Å². The number of phosphoric acid groups is 1. The molecular weight excluding hydrogens is 245 g/mol. The third kappa shape index (κ3) is 2.34. The Morgan fingerprint density at radius 2 is 1.76 bits per heavy atom. The molecule has 0 radical (unpaired) electrons. The van der Waals surface area contributed by atoms with Crippen LogP contribution in [0.25, 0.3) is 10.8 Å². The van der Waals surface area contributed by atoms with Crippen LogP contribution in [-0.4, -0.2) is 14.9 Å². The summed E-state index contributed by atoms with van der Waals surface area (Å²) in [6.07, 6.45) is 0. The van der Waals surface area contributed by atoms with Crippen LogP contribution in [0.3, 0.4) is 0 Å². The number of hydrogen-bond donors (Lipinski definition) is 4. The van der Waals surface area contributed by atoms with E-state index in [1.807, 2.05) is 0 Å². The lowest BCUT2D eigenvalue weighted by molar-refractivity contribution is 0.284. The zero-order valence-electron chi connectivity index (χ0n) is 8.57. The van der Waals surface area contributed by atoms with Gasteiger partial charge in [0, 0.05) is 16.8 Å². The number of rotatable bonds is 2. The molecule has 2 aromatic carbocycles. The first-order valence-corrected chi connectivity index (χ1v) is 6.17. The second-order valence-electron chi connectivity index (χ2n) is 3.43. The maximum absolute atomic E-state index is 10.8. The molecule has 5 N–H and O–H groups in total. The van der Waals surface area contributed by atoms with E-state index < -0.39 is 7.82 Å². The average molecular weight is 255 g/mol. The van der Waals surface area contributed by atoms with Crippen molar-refractivity contribution >= 4 is 24.3 Å². The maximum atomic E-state index is 10.8. The highest BCUT2D eigenvalue weighted by Crippen LogP contribution is 2.44. The Bertz CT molecular complexity index is 621. The van der Waals surface area contributed by atoms with Crippen LogP contribution >= 0.6 is 7.82 Å². The van der Waals surface area contributed by atoms with Crippen LogP contribution in [0.2, 0.25) is 0 Å². The van der Waals surface area contributed by atoms with E-state index in [-0.39, 0.29) is 17.2 Å². The Hall–Kier alpha value is -1.75. The number of phenolic OH excluding ortho intramolecular Hbond substituents is 1. The highest BCUT2D eigenvalue weighted by atomic mass is 31.2. The number of phenols is 1. The van der Waals surface area contributed by atoms with Gasteiger partial charge in [0.05, 0.1) is 5.69 Å². The quantitative estimate of drug-likeness (QED) is 0.368. The van der Waals surface area contributed by atoms with Gasteiger partial charge in [0.25, 0.3) is 0 Å². The highest BCUT2D eigenvalue weighted by Gasteiger charge is 2.19. The molecule has 0 bridgehead atoms. The first kappa shape index (κ1) is 11.7. The molecule has 0 saturated heterocycles. The number of benzene rings is 2. The Morgan fingerprint density at radius 1 is 1.18 bits per heavy atom. The molecule has 0 saturated carbocycles. The number of nitrogens with two attached hydrogens (primary N) is 1. The van der Waals surface area contributed by atoms with Crippen molar-refractivity contribution in [2.75, 3.05) is 5.73 Å². The molecule has 2 aromatic rings. The van der Waals surface area contributed by atoms with Crippen molar-refractivity contribution in [2.24, 2.45) is 0 Å². The molecule has 90 valence electrons. The van der Waals surface area contributed by atoms with Gasteiger partial charge in [-0.3, -0.25) is 9.79 Å². The van der Waals surface area contributed by atoms with Crippen LogP contribution in [0, 0.1) is 0 Å². The van der Waals surface area contributed by atoms with E-state index in [1.165, 1.54) is 0 Å². The highest BCUT2D eigenvalue weighted by molar-refractivity contribution is 7.46. The maximum Gasteiger partial charge on any atom is 0.524 e. The fourth-order valence-electron chi connectivity index (χ4n) is 1.55. The first-order chi connectivity index (χ1) is 7.88. The molecule has 0 amide bonds. The number of phosphoric ester groups is 1. The molecule has 0 unspecified atom stereocenters. The van der Waals surface area contributed by atoms with E-state index in [0.717, 1.165) is 6.07 Å². The summed E-state index contributed by atoms with van der Waals surface area (Å²) in [4.78, 5) is 17.5. The van der Waals surface area contributed by atoms with Crippen LogP contribution in [-0.2, 0) is 4.57 Å². The average Bonchev–Trinajstić information content (AvgIpc) is 2.24. The van der Waals surface area contributed by atoms with Gasteiger partial charge in [0.15, 0.2) is 0 Å². The second kappa shape index (κ2) is 3.92. The molecule has 0 fully saturated rings. The summed E-state index contributed by atoms with van der Waals surface area (Å²) in [6, 6.07) is 7.66. The number of aromatic hydroxyl groups is 1. The third-order valence-electron chi connectivity index (χ3n) is 2.24. The number of nitrogen functional groups attached to an aromatic ring is 1. The topological polar surface area (TPSA) is 113 Å². The minimum atomic E-state index is -4.68. The normalized spacial score (nSPS) is 11.6. The predicted octanol–water partition coefficient (Wildman–Crippen LogP) is 1.60. The summed E-state index contributed by atoms with van der Waals surface area (Å²) in [5.41, 5.74) is 5.79. The molecule has 2 rings (SSSR count). The van der Waals surface area contributed by atoms with Crippen molar-refractivity contribution < 1.29 is 24.0 Å². The van der Waals surface area contributed by atoms with Crippen molar-refractivity contribution in [3.05, 3.63) is 30.3 Å². The largest absolute Gasteiger partial charge is 0.524 e. The van der Waals surface area contributed by atoms with Gasteiger partial charge in [-0.05, 0) is 0 Å². The van der Waals surface area contributed by atoms with E-state index in [9.17, 15) is 9.67 Å². The SMILES string of the molecule is Nc1c(O)cc(OP(=O)(O)O)c2ccccc12. The molecule has 0 heterocycles. The van der Waals surface area contributed by atoms with Gasteiger partial charge in [0.2, 0.25) is 0 Å². The van der Waals surface area contributed by atoms with Crippen LogP contribution in [0.15, 0.2) is 30.3 Å². The molecule has 7 heteroatoms. The van der Waals surface area contributed by atoms with E-state index in [2.05, 4.69) is 4.52 Å². The fraction of sp³-hybridized carbons (Fsp3) is 0. The minimum Gasteiger partial charge on any atom is -0.506 e. The smallest absolute Gasteiger partial charge is 0.506 e. The first-order valence-electron chi connectivity index (χ1n) is 4.64. The van der Waals surface area contributed by atoms with E-state index in [4.69, 9.17) is 15.5 Å². The molecule has 0 aliphatic carbocycles. The number of anilines is 1. The Labute approximate surface area is 96.5 Å². The van der Waals surface area contributed by atoms with Crippen molar-refractivity contribution in [3.63, 3.8) is 0 Å². The van der Waals surface area contributed by atoms with E-state index in [0.29, 0.717) is 10.8 Å². The third-order valence-corrected chi connectivity index (χ3v) is 2.68.